The van der Waals surface area contributed by atoms with Crippen LogP contribution in [-0.2, 0) is 0 Å². The molecule has 0 saturated heterocycles. The highest BCUT2D eigenvalue weighted by atomic mass is 16.3. The van der Waals surface area contributed by atoms with Crippen LogP contribution in [0.3, 0.4) is 0 Å². The molecule has 0 bridgehead atoms. The van der Waals surface area contributed by atoms with E-state index in [4.69, 9.17) is 10.8 Å². The van der Waals surface area contributed by atoms with Crippen molar-refractivity contribution in [2.24, 2.45) is 5.73 Å². The highest BCUT2D eigenvalue weighted by molar-refractivity contribution is 4.75. The molecule has 0 aliphatic heterocycles. The van der Waals surface area contributed by atoms with E-state index in [-0.39, 0.29) is 18.7 Å². The zero-order valence-electron chi connectivity index (χ0n) is 7.75. The molecule has 2 unspecified atom stereocenters. The van der Waals surface area contributed by atoms with Gasteiger partial charge in [-0.2, -0.15) is 0 Å². The van der Waals surface area contributed by atoms with Gasteiger partial charge in [0, 0.05) is 12.1 Å². The summed E-state index contributed by atoms with van der Waals surface area (Å²) in [5.74, 6) is 0. The molecule has 0 aromatic carbocycles. The number of nitrogens with zero attached hydrogens (tertiary/aromatic N) is 1. The Morgan fingerprint density at radius 1 is 1.55 bits per heavy atom. The Hall–Kier alpha value is -0.120. The molecule has 0 fully saturated rings. The summed E-state index contributed by atoms with van der Waals surface area (Å²) in [7, 11) is 1.99. The Labute approximate surface area is 69.2 Å². The van der Waals surface area contributed by atoms with Crippen LogP contribution in [-0.4, -0.2) is 42.3 Å². The van der Waals surface area contributed by atoms with E-state index in [1.165, 1.54) is 0 Å². The number of hydrogen-bond donors (Lipinski definition) is 2. The largest absolute Gasteiger partial charge is 0.395 e. The molecule has 0 rings (SSSR count). The first-order chi connectivity index (χ1) is 5.13. The van der Waals surface area contributed by atoms with E-state index in [1.54, 1.807) is 0 Å². The Morgan fingerprint density at radius 3 is 2.36 bits per heavy atom. The molecule has 0 aromatic rings. The molecule has 0 aliphatic rings. The Balaban J connectivity index is 3.81. The van der Waals surface area contributed by atoms with Gasteiger partial charge in [0.15, 0.2) is 0 Å². The Bertz CT molecular complexity index is 96.1. The van der Waals surface area contributed by atoms with Gasteiger partial charge in [0.05, 0.1) is 6.61 Å². The lowest BCUT2D eigenvalue weighted by Gasteiger charge is -2.28. The van der Waals surface area contributed by atoms with Gasteiger partial charge >= 0.3 is 0 Å². The average molecular weight is 160 g/mol. The van der Waals surface area contributed by atoms with Crippen molar-refractivity contribution in [3.63, 3.8) is 0 Å². The second-order valence-corrected chi connectivity index (χ2v) is 3.09. The SMILES string of the molecule is CCCN(C)C(CO)C(C)N. The maximum Gasteiger partial charge on any atom is 0.0601 e. The summed E-state index contributed by atoms with van der Waals surface area (Å²) < 4.78 is 0. The molecule has 68 valence electrons. The zero-order chi connectivity index (χ0) is 8.85. The number of likely N-dealkylation sites (N-methyl/N-ethyl adjacent to an activating group) is 1. The molecule has 0 saturated carbocycles. The molecule has 0 amide bonds. The standard InChI is InChI=1S/C8H20N2O/c1-4-5-10(3)8(6-11)7(2)9/h7-8,11H,4-6,9H2,1-3H3. The van der Waals surface area contributed by atoms with Crippen molar-refractivity contribution >= 4 is 0 Å². The molecule has 0 aliphatic carbocycles. The van der Waals surface area contributed by atoms with Crippen LogP contribution in [0.15, 0.2) is 0 Å². The van der Waals surface area contributed by atoms with Gasteiger partial charge in [-0.15, -0.1) is 0 Å². The topological polar surface area (TPSA) is 49.5 Å². The van der Waals surface area contributed by atoms with Crippen LogP contribution in [0, 0.1) is 0 Å². The highest BCUT2D eigenvalue weighted by Crippen LogP contribution is 2.00. The fourth-order valence-corrected chi connectivity index (χ4v) is 1.23. The average Bonchev–Trinajstić information content (AvgIpc) is 1.88. The maximum atomic E-state index is 8.97. The Morgan fingerprint density at radius 2 is 2.09 bits per heavy atom. The number of aliphatic hydroxyl groups is 1. The van der Waals surface area contributed by atoms with Gasteiger partial charge in [-0.05, 0) is 26.9 Å². The summed E-state index contributed by atoms with van der Waals surface area (Å²) >= 11 is 0. The van der Waals surface area contributed by atoms with Gasteiger partial charge in [0.1, 0.15) is 0 Å². The molecular weight excluding hydrogens is 140 g/mol. The van der Waals surface area contributed by atoms with E-state index in [1.807, 2.05) is 14.0 Å². The second-order valence-electron chi connectivity index (χ2n) is 3.09. The van der Waals surface area contributed by atoms with Gasteiger partial charge in [0.2, 0.25) is 0 Å². The lowest BCUT2D eigenvalue weighted by molar-refractivity contribution is 0.131. The van der Waals surface area contributed by atoms with E-state index in [0.29, 0.717) is 0 Å². The first-order valence-corrected chi connectivity index (χ1v) is 4.20. The van der Waals surface area contributed by atoms with Crippen molar-refractivity contribution in [2.45, 2.75) is 32.4 Å². The van der Waals surface area contributed by atoms with E-state index >= 15 is 0 Å². The molecule has 3 heteroatoms. The molecule has 0 heterocycles. The van der Waals surface area contributed by atoms with Gasteiger partial charge in [-0.1, -0.05) is 6.92 Å². The van der Waals surface area contributed by atoms with Crippen molar-refractivity contribution < 1.29 is 5.11 Å². The predicted molar refractivity (Wildman–Crippen MR) is 47.4 cm³/mol. The summed E-state index contributed by atoms with van der Waals surface area (Å²) in [6, 6.07) is 0.145. The fraction of sp³-hybridized carbons (Fsp3) is 1.00. The number of rotatable bonds is 5. The maximum absolute atomic E-state index is 8.97. The van der Waals surface area contributed by atoms with Gasteiger partial charge in [-0.3, -0.25) is 4.90 Å². The minimum Gasteiger partial charge on any atom is -0.395 e. The Kier molecular flexibility index (Phi) is 5.46. The normalized spacial score (nSPS) is 16.9. The van der Waals surface area contributed by atoms with Crippen molar-refractivity contribution in [2.75, 3.05) is 20.2 Å². The molecule has 3 nitrogen and oxygen atoms in total. The first kappa shape index (κ1) is 10.9. The van der Waals surface area contributed by atoms with Crippen LogP contribution < -0.4 is 5.73 Å². The third kappa shape index (κ3) is 3.70. The molecule has 0 radical (unpaired) electrons. The first-order valence-electron chi connectivity index (χ1n) is 4.20. The minimum absolute atomic E-state index is 0.0385. The smallest absolute Gasteiger partial charge is 0.0601 e. The number of nitrogens with two attached hydrogens (primary N) is 1. The summed E-state index contributed by atoms with van der Waals surface area (Å²) in [5.41, 5.74) is 5.68. The third-order valence-corrected chi connectivity index (χ3v) is 1.94. The van der Waals surface area contributed by atoms with E-state index in [2.05, 4.69) is 11.8 Å². The van der Waals surface area contributed by atoms with Crippen LogP contribution in [0.2, 0.25) is 0 Å². The van der Waals surface area contributed by atoms with Gasteiger partial charge in [-0.25, -0.2) is 0 Å². The molecule has 3 N–H and O–H groups in total. The highest BCUT2D eigenvalue weighted by Gasteiger charge is 2.16. The summed E-state index contributed by atoms with van der Waals surface area (Å²) in [4.78, 5) is 2.10. The zero-order valence-corrected chi connectivity index (χ0v) is 7.75. The molecular formula is C8H20N2O. The summed E-state index contributed by atoms with van der Waals surface area (Å²) in [5, 5.41) is 8.97. The number of aliphatic hydroxyl groups excluding tert-OH is 1. The van der Waals surface area contributed by atoms with Crippen LogP contribution in [0.1, 0.15) is 20.3 Å². The lowest BCUT2D eigenvalue weighted by Crippen LogP contribution is -2.47. The van der Waals surface area contributed by atoms with Crippen molar-refractivity contribution in [1.82, 2.24) is 4.90 Å². The van der Waals surface area contributed by atoms with Crippen LogP contribution in [0.4, 0.5) is 0 Å². The quantitative estimate of drug-likeness (QED) is 0.597. The molecule has 11 heavy (non-hydrogen) atoms. The molecule has 2 atom stereocenters. The van der Waals surface area contributed by atoms with E-state index in [0.717, 1.165) is 13.0 Å². The van der Waals surface area contributed by atoms with Gasteiger partial charge < -0.3 is 10.8 Å². The van der Waals surface area contributed by atoms with Crippen LogP contribution in [0.5, 0.6) is 0 Å². The van der Waals surface area contributed by atoms with Crippen molar-refractivity contribution in [3.05, 3.63) is 0 Å². The van der Waals surface area contributed by atoms with Crippen molar-refractivity contribution in [3.8, 4) is 0 Å². The van der Waals surface area contributed by atoms with Crippen molar-refractivity contribution in [1.29, 1.82) is 0 Å². The van der Waals surface area contributed by atoms with E-state index < -0.39 is 0 Å². The third-order valence-electron chi connectivity index (χ3n) is 1.94. The van der Waals surface area contributed by atoms with Crippen LogP contribution in [0.25, 0.3) is 0 Å². The van der Waals surface area contributed by atoms with Gasteiger partial charge in [0.25, 0.3) is 0 Å². The summed E-state index contributed by atoms with van der Waals surface area (Å²) in [6.45, 7) is 5.18. The minimum atomic E-state index is 0.0385. The fourth-order valence-electron chi connectivity index (χ4n) is 1.23. The van der Waals surface area contributed by atoms with Crippen LogP contribution >= 0.6 is 0 Å². The lowest BCUT2D eigenvalue weighted by atomic mass is 10.1. The molecule has 0 aromatic heterocycles. The predicted octanol–water partition coefficient (Wildman–Crippen LogP) is 0.0363. The second kappa shape index (κ2) is 5.52. The van der Waals surface area contributed by atoms with E-state index in [9.17, 15) is 0 Å². The summed E-state index contributed by atoms with van der Waals surface area (Å²) in [6.07, 6.45) is 1.10. The monoisotopic (exact) mass is 160 g/mol. The molecule has 0 spiro atoms. The number of hydrogen-bond acceptors (Lipinski definition) is 3.